The first-order valence-corrected chi connectivity index (χ1v) is 7.25. The van der Waals surface area contributed by atoms with E-state index in [1.165, 1.54) is 6.07 Å². The number of aromatic nitrogens is 2. The number of hydrogen-bond donors (Lipinski definition) is 0. The lowest BCUT2D eigenvalue weighted by Gasteiger charge is -2.22. The second-order valence-corrected chi connectivity index (χ2v) is 5.09. The average molecular weight is 326 g/mol. The lowest BCUT2D eigenvalue weighted by Crippen LogP contribution is -2.30. The monoisotopic (exact) mass is 326 g/mol. The molecule has 0 aliphatic carbocycles. The molecule has 0 spiro atoms. The van der Waals surface area contributed by atoms with Crippen molar-refractivity contribution in [1.82, 2.24) is 10.2 Å². The first kappa shape index (κ1) is 15.8. The molecule has 23 heavy (non-hydrogen) atoms. The Morgan fingerprint density at radius 2 is 2.17 bits per heavy atom. The fraction of sp³-hybridized carbons (Fsp3) is 0.467. The fourth-order valence-corrected chi connectivity index (χ4v) is 2.39. The molecule has 1 unspecified atom stereocenters. The van der Waals surface area contributed by atoms with E-state index in [1.54, 1.807) is 0 Å². The van der Waals surface area contributed by atoms with E-state index in [1.807, 2.05) is 6.92 Å². The third kappa shape index (κ3) is 3.32. The molecule has 8 heteroatoms. The van der Waals surface area contributed by atoms with E-state index in [-0.39, 0.29) is 18.2 Å². The Balaban J connectivity index is 1.69. The summed E-state index contributed by atoms with van der Waals surface area (Å²) in [6.45, 7) is 3.12. The fourth-order valence-electron chi connectivity index (χ4n) is 2.39. The maximum Gasteiger partial charge on any atom is 0.254 e. The Morgan fingerprint density at radius 1 is 1.30 bits per heavy atom. The van der Waals surface area contributed by atoms with Crippen LogP contribution in [0.5, 0.6) is 5.75 Å². The molecule has 0 N–H and O–H groups in total. The molecule has 1 aromatic carbocycles. The minimum atomic E-state index is -0.792. The normalized spacial score (nSPS) is 20.8. The van der Waals surface area contributed by atoms with Crippen molar-refractivity contribution in [2.75, 3.05) is 19.8 Å². The molecule has 2 aromatic rings. The molecule has 1 fully saturated rings. The zero-order chi connectivity index (χ0) is 16.3. The lowest BCUT2D eigenvalue weighted by molar-refractivity contribution is -0.0668. The van der Waals surface area contributed by atoms with E-state index in [9.17, 15) is 8.78 Å². The highest BCUT2D eigenvalue weighted by atomic mass is 19.1. The standard InChI is InChI=1S/C15H16F2N2O4/c1-2-22-15(5-6-20-9-15)14-19-18-13(23-14)8-21-12-4-3-10(16)7-11(12)17/h3-4,7H,2,5-6,8-9H2,1H3. The third-order valence-electron chi connectivity index (χ3n) is 3.51. The van der Waals surface area contributed by atoms with Crippen molar-refractivity contribution in [1.29, 1.82) is 0 Å². The van der Waals surface area contributed by atoms with Crippen LogP contribution in [0.15, 0.2) is 22.6 Å². The average Bonchev–Trinajstić information content (AvgIpc) is 3.16. The first-order chi connectivity index (χ1) is 11.1. The van der Waals surface area contributed by atoms with Gasteiger partial charge in [0.05, 0.1) is 13.2 Å². The molecule has 3 rings (SSSR count). The van der Waals surface area contributed by atoms with Gasteiger partial charge in [-0.15, -0.1) is 10.2 Å². The minimum absolute atomic E-state index is 0.0881. The van der Waals surface area contributed by atoms with Crippen LogP contribution in [0.25, 0.3) is 0 Å². The molecule has 0 amide bonds. The summed E-state index contributed by atoms with van der Waals surface area (Å²) in [5, 5.41) is 7.86. The largest absolute Gasteiger partial charge is 0.481 e. The van der Waals surface area contributed by atoms with Crippen molar-refractivity contribution in [3.05, 3.63) is 41.6 Å². The van der Waals surface area contributed by atoms with Crippen molar-refractivity contribution < 1.29 is 27.4 Å². The van der Waals surface area contributed by atoms with Gasteiger partial charge in [0.25, 0.3) is 11.8 Å². The number of halogens is 2. The van der Waals surface area contributed by atoms with Crippen LogP contribution in [0.4, 0.5) is 8.78 Å². The van der Waals surface area contributed by atoms with E-state index in [0.29, 0.717) is 32.1 Å². The quantitative estimate of drug-likeness (QED) is 0.813. The first-order valence-electron chi connectivity index (χ1n) is 7.25. The maximum atomic E-state index is 13.5. The highest BCUT2D eigenvalue weighted by Crippen LogP contribution is 2.33. The van der Waals surface area contributed by atoms with Crippen molar-refractivity contribution >= 4 is 0 Å². The highest BCUT2D eigenvalue weighted by molar-refractivity contribution is 5.24. The predicted molar refractivity (Wildman–Crippen MR) is 73.7 cm³/mol. The second-order valence-electron chi connectivity index (χ2n) is 5.09. The molecule has 1 saturated heterocycles. The van der Waals surface area contributed by atoms with Gasteiger partial charge >= 0.3 is 0 Å². The number of hydrogen-bond acceptors (Lipinski definition) is 6. The molecular weight excluding hydrogens is 310 g/mol. The zero-order valence-electron chi connectivity index (χ0n) is 12.6. The van der Waals surface area contributed by atoms with Crippen LogP contribution in [-0.2, 0) is 21.7 Å². The highest BCUT2D eigenvalue weighted by Gasteiger charge is 2.42. The smallest absolute Gasteiger partial charge is 0.254 e. The summed E-state index contributed by atoms with van der Waals surface area (Å²) in [4.78, 5) is 0. The summed E-state index contributed by atoms with van der Waals surface area (Å²) in [5.74, 6) is -1.06. The van der Waals surface area contributed by atoms with Gasteiger partial charge in [0.1, 0.15) is 5.82 Å². The lowest BCUT2D eigenvalue weighted by atomic mass is 10.0. The van der Waals surface area contributed by atoms with Crippen LogP contribution < -0.4 is 4.74 Å². The molecule has 1 aromatic heterocycles. The van der Waals surface area contributed by atoms with Gasteiger partial charge in [-0.1, -0.05) is 0 Å². The molecule has 6 nitrogen and oxygen atoms in total. The number of benzene rings is 1. The van der Waals surface area contributed by atoms with Gasteiger partial charge in [0.2, 0.25) is 0 Å². The molecule has 0 saturated carbocycles. The Morgan fingerprint density at radius 3 is 2.87 bits per heavy atom. The molecule has 0 bridgehead atoms. The van der Waals surface area contributed by atoms with Crippen molar-refractivity contribution in [2.45, 2.75) is 25.6 Å². The van der Waals surface area contributed by atoms with Gasteiger partial charge in [-0.25, -0.2) is 8.78 Å². The van der Waals surface area contributed by atoms with Crippen LogP contribution in [0.3, 0.4) is 0 Å². The summed E-state index contributed by atoms with van der Waals surface area (Å²) < 4.78 is 48.2. The summed E-state index contributed by atoms with van der Waals surface area (Å²) in [5.41, 5.74) is -0.735. The van der Waals surface area contributed by atoms with Gasteiger partial charge in [0.15, 0.2) is 23.8 Å². The summed E-state index contributed by atoms with van der Waals surface area (Å²) in [6, 6.07) is 3.06. The van der Waals surface area contributed by atoms with Gasteiger partial charge < -0.3 is 18.6 Å². The van der Waals surface area contributed by atoms with Gasteiger partial charge in [0, 0.05) is 19.1 Å². The molecular formula is C15H16F2N2O4. The van der Waals surface area contributed by atoms with Gasteiger partial charge in [-0.05, 0) is 19.1 Å². The van der Waals surface area contributed by atoms with Crippen LogP contribution in [0, 0.1) is 11.6 Å². The molecule has 124 valence electrons. The van der Waals surface area contributed by atoms with E-state index in [2.05, 4.69) is 10.2 Å². The van der Waals surface area contributed by atoms with Crippen molar-refractivity contribution in [3.8, 4) is 5.75 Å². The number of rotatable bonds is 6. The maximum absolute atomic E-state index is 13.5. The van der Waals surface area contributed by atoms with Crippen LogP contribution in [0.2, 0.25) is 0 Å². The van der Waals surface area contributed by atoms with Gasteiger partial charge in [-0.3, -0.25) is 0 Å². The minimum Gasteiger partial charge on any atom is -0.481 e. The molecule has 1 atom stereocenters. The zero-order valence-corrected chi connectivity index (χ0v) is 12.6. The Kier molecular flexibility index (Phi) is 4.53. The molecule has 2 heterocycles. The van der Waals surface area contributed by atoms with Crippen LogP contribution in [-0.4, -0.2) is 30.0 Å². The van der Waals surface area contributed by atoms with Crippen molar-refractivity contribution in [2.24, 2.45) is 0 Å². The van der Waals surface area contributed by atoms with E-state index < -0.39 is 17.2 Å². The Labute approximate surface area is 131 Å². The second kappa shape index (κ2) is 6.59. The predicted octanol–water partition coefficient (Wildman–Crippen LogP) is 2.58. The molecule has 1 aliphatic rings. The van der Waals surface area contributed by atoms with E-state index in [4.69, 9.17) is 18.6 Å². The molecule has 0 radical (unpaired) electrons. The van der Waals surface area contributed by atoms with Gasteiger partial charge in [-0.2, -0.15) is 0 Å². The topological polar surface area (TPSA) is 66.6 Å². The Bertz CT molecular complexity index is 671. The SMILES string of the molecule is CCOC1(c2nnc(COc3ccc(F)cc3F)o2)CCOC1. The summed E-state index contributed by atoms with van der Waals surface area (Å²) >= 11 is 0. The van der Waals surface area contributed by atoms with E-state index in [0.717, 1.165) is 12.1 Å². The van der Waals surface area contributed by atoms with Crippen LogP contribution in [0.1, 0.15) is 25.1 Å². The number of nitrogens with zero attached hydrogens (tertiary/aromatic N) is 2. The van der Waals surface area contributed by atoms with E-state index >= 15 is 0 Å². The summed E-state index contributed by atoms with van der Waals surface area (Å²) in [7, 11) is 0. The Hall–Kier alpha value is -2.06. The van der Waals surface area contributed by atoms with Crippen molar-refractivity contribution in [3.63, 3.8) is 0 Å². The molecule has 1 aliphatic heterocycles. The number of ether oxygens (including phenoxy) is 3. The summed E-state index contributed by atoms with van der Waals surface area (Å²) in [6.07, 6.45) is 0.621. The third-order valence-corrected chi connectivity index (χ3v) is 3.51. The van der Waals surface area contributed by atoms with Crippen LogP contribution >= 0.6 is 0 Å².